The van der Waals surface area contributed by atoms with Crippen molar-refractivity contribution in [2.45, 2.75) is 13.5 Å². The van der Waals surface area contributed by atoms with Crippen molar-refractivity contribution in [1.29, 1.82) is 0 Å². The quantitative estimate of drug-likeness (QED) is 0.599. The van der Waals surface area contributed by atoms with Crippen molar-refractivity contribution in [3.8, 4) is 11.5 Å². The first kappa shape index (κ1) is 13.3. The highest BCUT2D eigenvalue weighted by atomic mass is 28.3. The number of rotatable bonds is 2. The SMILES string of the molecule is CC(=O)C#C[Si](C)(c1ccccc1)c1ccccc1. The van der Waals surface area contributed by atoms with Crippen molar-refractivity contribution < 1.29 is 4.79 Å². The molecule has 0 radical (unpaired) electrons. The molecule has 0 saturated heterocycles. The predicted molar refractivity (Wildman–Crippen MR) is 82.2 cm³/mol. The van der Waals surface area contributed by atoms with Crippen LogP contribution < -0.4 is 10.4 Å². The summed E-state index contributed by atoms with van der Waals surface area (Å²) < 4.78 is 0. The van der Waals surface area contributed by atoms with E-state index in [9.17, 15) is 4.79 Å². The molecule has 0 aliphatic heterocycles. The second-order valence-corrected chi connectivity index (χ2v) is 8.32. The number of Topliss-reactive ketones (excluding diaryl/α,β-unsaturated/α-hetero) is 1. The summed E-state index contributed by atoms with van der Waals surface area (Å²) in [5.41, 5.74) is 3.27. The van der Waals surface area contributed by atoms with Gasteiger partial charge in [0.2, 0.25) is 5.78 Å². The lowest BCUT2D eigenvalue weighted by molar-refractivity contribution is -0.111. The summed E-state index contributed by atoms with van der Waals surface area (Å²) in [7, 11) is -2.15. The summed E-state index contributed by atoms with van der Waals surface area (Å²) in [6, 6.07) is 20.5. The van der Waals surface area contributed by atoms with Crippen LogP contribution in [0.15, 0.2) is 60.7 Å². The molecule has 2 heteroatoms. The van der Waals surface area contributed by atoms with Crippen molar-refractivity contribution in [1.82, 2.24) is 0 Å². The molecule has 2 rings (SSSR count). The standard InChI is InChI=1S/C17H16OSi/c1-15(18)13-14-19(2,16-9-5-3-6-10-16)17-11-7-4-8-12-17/h3-12H,1-2H3. The molecule has 0 heterocycles. The summed E-state index contributed by atoms with van der Waals surface area (Å²) in [6.07, 6.45) is 0. The van der Waals surface area contributed by atoms with E-state index in [0.717, 1.165) is 0 Å². The van der Waals surface area contributed by atoms with Gasteiger partial charge in [-0.3, -0.25) is 4.79 Å². The highest BCUT2D eigenvalue weighted by Crippen LogP contribution is 2.04. The molecule has 2 aromatic rings. The van der Waals surface area contributed by atoms with E-state index in [-0.39, 0.29) is 5.78 Å². The fraction of sp³-hybridized carbons (Fsp3) is 0.118. The molecule has 1 nitrogen and oxygen atoms in total. The molecule has 0 spiro atoms. The van der Waals surface area contributed by atoms with E-state index in [1.54, 1.807) is 0 Å². The number of carbonyl (C=O) groups is 1. The van der Waals surface area contributed by atoms with E-state index >= 15 is 0 Å². The second-order valence-electron chi connectivity index (χ2n) is 4.66. The lowest BCUT2D eigenvalue weighted by Gasteiger charge is -2.22. The van der Waals surface area contributed by atoms with Crippen molar-refractivity contribution in [2.24, 2.45) is 0 Å². The minimum Gasteiger partial charge on any atom is -0.285 e. The molecular formula is C17H16OSi. The minimum atomic E-state index is -2.15. The molecular weight excluding hydrogens is 248 g/mol. The van der Waals surface area contributed by atoms with E-state index in [2.05, 4.69) is 42.3 Å². The molecule has 0 fully saturated rings. The van der Waals surface area contributed by atoms with Gasteiger partial charge in [-0.2, -0.15) is 0 Å². The van der Waals surface area contributed by atoms with Gasteiger partial charge >= 0.3 is 0 Å². The molecule has 0 aliphatic rings. The maximum Gasteiger partial charge on any atom is 0.201 e. The van der Waals surface area contributed by atoms with Crippen LogP contribution in [0.2, 0.25) is 6.55 Å². The third-order valence-electron chi connectivity index (χ3n) is 3.19. The maximum atomic E-state index is 11.2. The van der Waals surface area contributed by atoms with Crippen LogP contribution >= 0.6 is 0 Å². The normalized spacial score (nSPS) is 10.4. The predicted octanol–water partition coefficient (Wildman–Crippen LogP) is 2.01. The third kappa shape index (κ3) is 3.01. The largest absolute Gasteiger partial charge is 0.285 e. The Labute approximate surface area is 115 Å². The van der Waals surface area contributed by atoms with Crippen LogP contribution in [0, 0.1) is 11.5 Å². The van der Waals surface area contributed by atoms with Gasteiger partial charge in [0.05, 0.1) is 0 Å². The van der Waals surface area contributed by atoms with E-state index in [1.165, 1.54) is 17.3 Å². The van der Waals surface area contributed by atoms with Gasteiger partial charge in [0.1, 0.15) is 0 Å². The molecule has 0 unspecified atom stereocenters. The lowest BCUT2D eigenvalue weighted by atomic mass is 10.4. The molecule has 0 aromatic heterocycles. The van der Waals surface area contributed by atoms with Gasteiger partial charge in [-0.25, -0.2) is 0 Å². The van der Waals surface area contributed by atoms with Crippen LogP contribution in [0.1, 0.15) is 6.92 Å². The minimum absolute atomic E-state index is 0.0782. The summed E-state index contributed by atoms with van der Waals surface area (Å²) in [5.74, 6) is 2.68. The van der Waals surface area contributed by atoms with E-state index in [4.69, 9.17) is 0 Å². The number of ketones is 1. The van der Waals surface area contributed by atoms with Gasteiger partial charge in [0, 0.05) is 6.92 Å². The number of carbonyl (C=O) groups excluding carboxylic acids is 1. The maximum absolute atomic E-state index is 11.2. The highest BCUT2D eigenvalue weighted by molar-refractivity contribution is 7.07. The fourth-order valence-corrected chi connectivity index (χ4v) is 4.83. The molecule has 0 amide bonds. The van der Waals surface area contributed by atoms with Crippen LogP contribution in [-0.2, 0) is 4.79 Å². The van der Waals surface area contributed by atoms with Gasteiger partial charge in [0.25, 0.3) is 0 Å². The lowest BCUT2D eigenvalue weighted by Crippen LogP contribution is -2.54. The Balaban J connectivity index is 2.58. The van der Waals surface area contributed by atoms with E-state index in [1.807, 2.05) is 36.4 Å². The van der Waals surface area contributed by atoms with Crippen LogP contribution in [-0.4, -0.2) is 13.9 Å². The molecule has 2 aromatic carbocycles. The average Bonchev–Trinajstić information content (AvgIpc) is 2.46. The Morgan fingerprint density at radius 3 is 1.68 bits per heavy atom. The Morgan fingerprint density at radius 2 is 1.32 bits per heavy atom. The Kier molecular flexibility index (Phi) is 3.99. The van der Waals surface area contributed by atoms with E-state index in [0.29, 0.717) is 0 Å². The molecule has 0 N–H and O–H groups in total. The van der Waals surface area contributed by atoms with Crippen LogP contribution in [0.25, 0.3) is 0 Å². The van der Waals surface area contributed by atoms with Crippen molar-refractivity contribution in [3.63, 3.8) is 0 Å². The summed E-state index contributed by atoms with van der Waals surface area (Å²) in [5, 5.41) is 2.46. The number of benzene rings is 2. The summed E-state index contributed by atoms with van der Waals surface area (Å²) in [4.78, 5) is 11.2. The van der Waals surface area contributed by atoms with Crippen molar-refractivity contribution in [2.75, 3.05) is 0 Å². The second kappa shape index (κ2) is 5.68. The first-order chi connectivity index (χ1) is 9.13. The van der Waals surface area contributed by atoms with Crippen molar-refractivity contribution >= 4 is 24.2 Å². The first-order valence-electron chi connectivity index (χ1n) is 6.28. The average molecular weight is 264 g/mol. The molecule has 0 saturated carbocycles. The van der Waals surface area contributed by atoms with Crippen LogP contribution in [0.5, 0.6) is 0 Å². The zero-order chi connectivity index (χ0) is 13.7. The van der Waals surface area contributed by atoms with Crippen LogP contribution in [0.3, 0.4) is 0 Å². The number of hydrogen-bond acceptors (Lipinski definition) is 1. The topological polar surface area (TPSA) is 17.1 Å². The summed E-state index contributed by atoms with van der Waals surface area (Å²) >= 11 is 0. The van der Waals surface area contributed by atoms with E-state index < -0.39 is 8.07 Å². The van der Waals surface area contributed by atoms with Gasteiger partial charge in [-0.1, -0.05) is 67.2 Å². The summed E-state index contributed by atoms with van der Waals surface area (Å²) in [6.45, 7) is 3.70. The fourth-order valence-electron chi connectivity index (χ4n) is 2.07. The Bertz CT molecular complexity index is 581. The zero-order valence-corrected chi connectivity index (χ0v) is 12.2. The third-order valence-corrected chi connectivity index (χ3v) is 6.79. The van der Waals surface area contributed by atoms with Crippen LogP contribution in [0.4, 0.5) is 0 Å². The Morgan fingerprint density at radius 1 is 0.895 bits per heavy atom. The molecule has 0 aliphatic carbocycles. The number of hydrogen-bond donors (Lipinski definition) is 0. The molecule has 19 heavy (non-hydrogen) atoms. The molecule has 0 atom stereocenters. The molecule has 94 valence electrons. The highest BCUT2D eigenvalue weighted by Gasteiger charge is 2.29. The van der Waals surface area contributed by atoms with Gasteiger partial charge in [0.15, 0.2) is 8.07 Å². The monoisotopic (exact) mass is 264 g/mol. The molecule has 0 bridgehead atoms. The zero-order valence-electron chi connectivity index (χ0n) is 11.2. The van der Waals surface area contributed by atoms with Gasteiger partial charge in [-0.15, -0.1) is 5.54 Å². The van der Waals surface area contributed by atoms with Crippen molar-refractivity contribution in [3.05, 3.63) is 60.7 Å². The Hall–Kier alpha value is -2.11. The van der Waals surface area contributed by atoms with Gasteiger partial charge in [-0.05, 0) is 16.3 Å². The first-order valence-corrected chi connectivity index (χ1v) is 8.78. The van der Waals surface area contributed by atoms with Gasteiger partial charge < -0.3 is 0 Å². The smallest absolute Gasteiger partial charge is 0.201 e.